The molecular formula is C14H18ClFO. The Labute approximate surface area is 107 Å². The van der Waals surface area contributed by atoms with Crippen LogP contribution in [-0.2, 0) is 5.60 Å². The van der Waals surface area contributed by atoms with Crippen LogP contribution in [0.5, 0.6) is 0 Å². The number of halogens is 2. The molecule has 0 unspecified atom stereocenters. The van der Waals surface area contributed by atoms with Crippen molar-refractivity contribution >= 4 is 11.6 Å². The van der Waals surface area contributed by atoms with Gasteiger partial charge in [0.15, 0.2) is 0 Å². The lowest BCUT2D eigenvalue weighted by Gasteiger charge is -2.40. The van der Waals surface area contributed by atoms with Crippen LogP contribution in [0.25, 0.3) is 0 Å². The largest absolute Gasteiger partial charge is 0.385 e. The molecule has 1 aromatic rings. The second-order valence-electron chi connectivity index (χ2n) is 5.82. The molecule has 0 radical (unpaired) electrons. The highest BCUT2D eigenvalue weighted by atomic mass is 35.5. The van der Waals surface area contributed by atoms with E-state index in [-0.39, 0.29) is 5.41 Å². The summed E-state index contributed by atoms with van der Waals surface area (Å²) in [5, 5.41) is 10.9. The summed E-state index contributed by atoms with van der Waals surface area (Å²) in [7, 11) is 0. The number of benzene rings is 1. The van der Waals surface area contributed by atoms with E-state index in [1.807, 2.05) is 0 Å². The standard InChI is InChI=1S/C14H18ClFO/c1-13(2)5-7-14(17,8-6-13)11-4-3-10(15)9-12(11)16/h3-4,9,17H,5-8H2,1-2H3. The van der Waals surface area contributed by atoms with Crippen LogP contribution < -0.4 is 0 Å². The Kier molecular flexibility index (Phi) is 3.21. The third-order valence-electron chi connectivity index (χ3n) is 3.86. The Morgan fingerprint density at radius 2 is 1.76 bits per heavy atom. The van der Waals surface area contributed by atoms with Crippen molar-refractivity contribution in [3.8, 4) is 0 Å². The lowest BCUT2D eigenvalue weighted by atomic mass is 9.69. The molecular weight excluding hydrogens is 239 g/mol. The van der Waals surface area contributed by atoms with E-state index in [1.54, 1.807) is 12.1 Å². The number of hydrogen-bond acceptors (Lipinski definition) is 1. The highest BCUT2D eigenvalue weighted by Crippen LogP contribution is 2.45. The first kappa shape index (κ1) is 12.8. The van der Waals surface area contributed by atoms with Crippen LogP contribution >= 0.6 is 11.6 Å². The summed E-state index contributed by atoms with van der Waals surface area (Å²) in [6.45, 7) is 4.37. The van der Waals surface area contributed by atoms with Crippen LogP contribution in [0.1, 0.15) is 45.1 Å². The van der Waals surface area contributed by atoms with Crippen molar-refractivity contribution in [1.82, 2.24) is 0 Å². The van der Waals surface area contributed by atoms with Gasteiger partial charge < -0.3 is 5.11 Å². The fraction of sp³-hybridized carbons (Fsp3) is 0.571. The fourth-order valence-corrected chi connectivity index (χ4v) is 2.64. The molecule has 0 aromatic heterocycles. The monoisotopic (exact) mass is 256 g/mol. The summed E-state index contributed by atoms with van der Waals surface area (Å²) in [6, 6.07) is 4.52. The van der Waals surface area contributed by atoms with Crippen LogP contribution in [0.4, 0.5) is 4.39 Å². The van der Waals surface area contributed by atoms with E-state index in [1.165, 1.54) is 6.07 Å². The Bertz CT molecular complexity index is 418. The van der Waals surface area contributed by atoms with Crippen molar-refractivity contribution in [3.63, 3.8) is 0 Å². The molecule has 0 atom stereocenters. The molecule has 94 valence electrons. The molecule has 1 aromatic carbocycles. The molecule has 0 aliphatic heterocycles. The average molecular weight is 257 g/mol. The maximum atomic E-state index is 13.8. The van der Waals surface area contributed by atoms with Crippen molar-refractivity contribution < 1.29 is 9.50 Å². The smallest absolute Gasteiger partial charge is 0.130 e. The maximum Gasteiger partial charge on any atom is 0.130 e. The SMILES string of the molecule is CC1(C)CCC(O)(c2ccc(Cl)cc2F)CC1. The van der Waals surface area contributed by atoms with Crippen LogP contribution in [-0.4, -0.2) is 5.11 Å². The number of hydrogen-bond donors (Lipinski definition) is 1. The zero-order valence-electron chi connectivity index (χ0n) is 10.3. The first-order valence-electron chi connectivity index (χ1n) is 6.00. The first-order valence-corrected chi connectivity index (χ1v) is 6.38. The summed E-state index contributed by atoms with van der Waals surface area (Å²) < 4.78 is 13.8. The zero-order chi connectivity index (χ0) is 12.7. The van der Waals surface area contributed by atoms with Gasteiger partial charge in [-0.15, -0.1) is 0 Å². The molecule has 1 N–H and O–H groups in total. The molecule has 1 aliphatic carbocycles. The van der Waals surface area contributed by atoms with Gasteiger partial charge in [-0.3, -0.25) is 0 Å². The number of aliphatic hydroxyl groups is 1. The van der Waals surface area contributed by atoms with Gasteiger partial charge in [0, 0.05) is 10.6 Å². The van der Waals surface area contributed by atoms with Gasteiger partial charge in [0.25, 0.3) is 0 Å². The summed E-state index contributed by atoms with van der Waals surface area (Å²) in [6.07, 6.45) is 3.04. The zero-order valence-corrected chi connectivity index (χ0v) is 11.0. The highest BCUT2D eigenvalue weighted by Gasteiger charge is 2.39. The van der Waals surface area contributed by atoms with E-state index in [0.29, 0.717) is 23.4 Å². The van der Waals surface area contributed by atoms with Gasteiger partial charge in [-0.2, -0.15) is 0 Å². The molecule has 3 heteroatoms. The van der Waals surface area contributed by atoms with Crippen LogP contribution in [0.15, 0.2) is 18.2 Å². The van der Waals surface area contributed by atoms with Crippen molar-refractivity contribution in [1.29, 1.82) is 0 Å². The van der Waals surface area contributed by atoms with Crippen LogP contribution in [0.3, 0.4) is 0 Å². The average Bonchev–Trinajstić information content (AvgIpc) is 2.23. The molecule has 0 spiro atoms. The Morgan fingerprint density at radius 3 is 2.29 bits per heavy atom. The van der Waals surface area contributed by atoms with Crippen molar-refractivity contribution in [2.24, 2.45) is 5.41 Å². The van der Waals surface area contributed by atoms with Gasteiger partial charge in [-0.1, -0.05) is 31.5 Å². The van der Waals surface area contributed by atoms with Gasteiger partial charge in [-0.25, -0.2) is 4.39 Å². The summed E-state index contributed by atoms with van der Waals surface area (Å²) in [5.74, 6) is -0.403. The highest BCUT2D eigenvalue weighted by molar-refractivity contribution is 6.30. The topological polar surface area (TPSA) is 20.2 Å². The van der Waals surface area contributed by atoms with E-state index >= 15 is 0 Å². The van der Waals surface area contributed by atoms with Crippen LogP contribution in [0.2, 0.25) is 5.02 Å². The quantitative estimate of drug-likeness (QED) is 0.796. The summed E-state index contributed by atoms with van der Waals surface area (Å²) in [4.78, 5) is 0. The third-order valence-corrected chi connectivity index (χ3v) is 4.10. The Balaban J connectivity index is 2.27. The minimum atomic E-state index is -1.02. The Hall–Kier alpha value is -0.600. The fourth-order valence-electron chi connectivity index (χ4n) is 2.48. The van der Waals surface area contributed by atoms with E-state index in [9.17, 15) is 9.50 Å². The van der Waals surface area contributed by atoms with Crippen molar-refractivity contribution in [3.05, 3.63) is 34.6 Å². The summed E-state index contributed by atoms with van der Waals surface area (Å²) in [5.41, 5.74) is -0.392. The molecule has 17 heavy (non-hydrogen) atoms. The van der Waals surface area contributed by atoms with Gasteiger partial charge in [-0.05, 0) is 43.2 Å². The van der Waals surface area contributed by atoms with Crippen LogP contribution in [0, 0.1) is 11.2 Å². The van der Waals surface area contributed by atoms with E-state index in [4.69, 9.17) is 11.6 Å². The van der Waals surface area contributed by atoms with Gasteiger partial charge >= 0.3 is 0 Å². The molecule has 0 heterocycles. The number of rotatable bonds is 1. The second kappa shape index (κ2) is 4.25. The molecule has 0 bridgehead atoms. The van der Waals surface area contributed by atoms with Crippen molar-refractivity contribution in [2.45, 2.75) is 45.1 Å². The molecule has 1 saturated carbocycles. The lowest BCUT2D eigenvalue weighted by Crippen LogP contribution is -2.35. The molecule has 0 amide bonds. The molecule has 1 fully saturated rings. The van der Waals surface area contributed by atoms with Gasteiger partial charge in [0.2, 0.25) is 0 Å². The predicted molar refractivity (Wildman–Crippen MR) is 67.6 cm³/mol. The van der Waals surface area contributed by atoms with E-state index in [0.717, 1.165) is 12.8 Å². The lowest BCUT2D eigenvalue weighted by molar-refractivity contribution is -0.0331. The molecule has 2 rings (SSSR count). The van der Waals surface area contributed by atoms with Crippen molar-refractivity contribution in [2.75, 3.05) is 0 Å². The van der Waals surface area contributed by atoms with E-state index in [2.05, 4.69) is 13.8 Å². The normalized spacial score (nSPS) is 22.4. The maximum absolute atomic E-state index is 13.8. The third kappa shape index (κ3) is 2.63. The van der Waals surface area contributed by atoms with Gasteiger partial charge in [0.1, 0.15) is 5.82 Å². The molecule has 0 saturated heterocycles. The molecule has 1 aliphatic rings. The summed E-state index contributed by atoms with van der Waals surface area (Å²) >= 11 is 5.72. The van der Waals surface area contributed by atoms with E-state index < -0.39 is 11.4 Å². The Morgan fingerprint density at radius 1 is 1.18 bits per heavy atom. The predicted octanol–water partition coefficient (Wildman–Crippen LogP) is 4.27. The first-order chi connectivity index (χ1) is 7.82. The minimum absolute atomic E-state index is 0.245. The minimum Gasteiger partial charge on any atom is -0.385 e. The van der Waals surface area contributed by atoms with Gasteiger partial charge in [0.05, 0.1) is 5.60 Å². The second-order valence-corrected chi connectivity index (χ2v) is 6.26. The molecule has 1 nitrogen and oxygen atoms in total.